The third-order valence-electron chi connectivity index (χ3n) is 3.35. The van der Waals surface area contributed by atoms with E-state index in [9.17, 15) is 0 Å². The first kappa shape index (κ1) is 14.4. The fraction of sp³-hybridized carbons (Fsp3) is 0.357. The molecule has 2 aromatic heterocycles. The Morgan fingerprint density at radius 3 is 2.86 bits per heavy atom. The molecule has 0 atom stereocenters. The monoisotopic (exact) mass is 321 g/mol. The molecule has 5 nitrogen and oxygen atoms in total. The van der Waals surface area contributed by atoms with E-state index < -0.39 is 0 Å². The van der Waals surface area contributed by atoms with Crippen molar-refractivity contribution in [3.8, 4) is 0 Å². The molecule has 0 aromatic carbocycles. The first-order chi connectivity index (χ1) is 10.2. The summed E-state index contributed by atoms with van der Waals surface area (Å²) in [6.45, 7) is 2.20. The molecule has 0 saturated carbocycles. The number of halogens is 1. The highest BCUT2D eigenvalue weighted by Gasteiger charge is 2.16. The van der Waals surface area contributed by atoms with Crippen LogP contribution in [-0.4, -0.2) is 28.0 Å². The normalized spacial score (nSPS) is 14.6. The van der Waals surface area contributed by atoms with Crippen LogP contribution in [0.5, 0.6) is 0 Å². The quantitative estimate of drug-likeness (QED) is 0.530. The lowest BCUT2D eigenvalue weighted by Crippen LogP contribution is -2.19. The second-order valence-electron chi connectivity index (χ2n) is 4.85. The van der Waals surface area contributed by atoms with Gasteiger partial charge in [0.1, 0.15) is 11.0 Å². The van der Waals surface area contributed by atoms with Gasteiger partial charge >= 0.3 is 0 Å². The van der Waals surface area contributed by atoms with Gasteiger partial charge in [-0.1, -0.05) is 23.4 Å². The molecule has 3 rings (SSSR count). The Morgan fingerprint density at radius 2 is 2.10 bits per heavy atom. The number of hydrogen-bond acceptors (Lipinski definition) is 6. The number of nitrogen functional groups attached to an aromatic ring is 1. The van der Waals surface area contributed by atoms with Gasteiger partial charge in [-0.15, -0.1) is 0 Å². The van der Waals surface area contributed by atoms with Gasteiger partial charge in [0.25, 0.3) is 0 Å². The average molecular weight is 322 g/mol. The molecule has 1 fully saturated rings. The van der Waals surface area contributed by atoms with Gasteiger partial charge in [0.05, 0.1) is 11.4 Å². The smallest absolute Gasteiger partial charge is 0.191 e. The molecular formula is C14H16ClN5S. The van der Waals surface area contributed by atoms with Crippen molar-refractivity contribution < 1.29 is 0 Å². The van der Waals surface area contributed by atoms with E-state index in [4.69, 9.17) is 17.3 Å². The fourth-order valence-corrected chi connectivity index (χ4v) is 3.46. The van der Waals surface area contributed by atoms with Crippen LogP contribution in [0.3, 0.4) is 0 Å². The standard InChI is InChI=1S/C14H16ClN5S/c15-12-8-13(16)19-14(18-12)21-9-10-11(4-3-5-17-10)20-6-1-2-7-20/h3-5,8H,1-2,6-7,9H2,(H2,16,18,19). The first-order valence-corrected chi connectivity index (χ1v) is 8.20. The van der Waals surface area contributed by atoms with E-state index in [1.54, 1.807) is 6.07 Å². The molecule has 0 unspecified atom stereocenters. The Morgan fingerprint density at radius 1 is 1.29 bits per heavy atom. The maximum Gasteiger partial charge on any atom is 0.191 e. The SMILES string of the molecule is Nc1cc(Cl)nc(SCc2ncccc2N2CCCC2)n1. The van der Waals surface area contributed by atoms with Crippen LogP contribution in [0.2, 0.25) is 5.15 Å². The molecule has 0 amide bonds. The van der Waals surface area contributed by atoms with Crippen molar-refractivity contribution in [3.05, 3.63) is 35.2 Å². The number of nitrogens with zero attached hydrogens (tertiary/aromatic N) is 4. The lowest BCUT2D eigenvalue weighted by atomic mass is 10.3. The second kappa shape index (κ2) is 6.49. The molecular weight excluding hydrogens is 306 g/mol. The van der Waals surface area contributed by atoms with Crippen molar-refractivity contribution in [1.29, 1.82) is 0 Å². The molecule has 1 saturated heterocycles. The third kappa shape index (κ3) is 3.57. The van der Waals surface area contributed by atoms with Crippen molar-refractivity contribution in [2.45, 2.75) is 23.8 Å². The summed E-state index contributed by atoms with van der Waals surface area (Å²) >= 11 is 7.40. The van der Waals surface area contributed by atoms with Crippen molar-refractivity contribution in [2.75, 3.05) is 23.7 Å². The van der Waals surface area contributed by atoms with E-state index >= 15 is 0 Å². The van der Waals surface area contributed by atoms with Gasteiger partial charge < -0.3 is 10.6 Å². The Kier molecular flexibility index (Phi) is 4.45. The molecule has 0 aliphatic carbocycles. The first-order valence-electron chi connectivity index (χ1n) is 6.84. The average Bonchev–Trinajstić information content (AvgIpc) is 2.98. The van der Waals surface area contributed by atoms with Gasteiger partial charge in [-0.05, 0) is 25.0 Å². The largest absolute Gasteiger partial charge is 0.384 e. The molecule has 7 heteroatoms. The van der Waals surface area contributed by atoms with Crippen molar-refractivity contribution in [1.82, 2.24) is 15.0 Å². The van der Waals surface area contributed by atoms with Crippen LogP contribution >= 0.6 is 23.4 Å². The summed E-state index contributed by atoms with van der Waals surface area (Å²) in [7, 11) is 0. The predicted octanol–water partition coefficient (Wildman–Crippen LogP) is 3.00. The van der Waals surface area contributed by atoms with Crippen molar-refractivity contribution in [3.63, 3.8) is 0 Å². The van der Waals surface area contributed by atoms with E-state index in [1.807, 2.05) is 12.3 Å². The number of pyridine rings is 1. The lowest BCUT2D eigenvalue weighted by molar-refractivity contribution is 0.941. The van der Waals surface area contributed by atoms with Crippen molar-refractivity contribution >= 4 is 34.9 Å². The lowest BCUT2D eigenvalue weighted by Gasteiger charge is -2.20. The summed E-state index contributed by atoms with van der Waals surface area (Å²) in [6, 6.07) is 5.65. The summed E-state index contributed by atoms with van der Waals surface area (Å²) in [4.78, 5) is 15.2. The van der Waals surface area contributed by atoms with Gasteiger partial charge in [0.15, 0.2) is 5.16 Å². The van der Waals surface area contributed by atoms with Crippen LogP contribution in [-0.2, 0) is 5.75 Å². The van der Waals surface area contributed by atoms with Crippen LogP contribution in [0.4, 0.5) is 11.5 Å². The molecule has 0 radical (unpaired) electrons. The number of thioether (sulfide) groups is 1. The second-order valence-corrected chi connectivity index (χ2v) is 6.18. The van der Waals surface area contributed by atoms with Gasteiger partial charge in [0, 0.05) is 31.1 Å². The van der Waals surface area contributed by atoms with Gasteiger partial charge in [0.2, 0.25) is 0 Å². The molecule has 2 N–H and O–H groups in total. The zero-order chi connectivity index (χ0) is 14.7. The zero-order valence-corrected chi connectivity index (χ0v) is 13.1. The maximum atomic E-state index is 5.90. The van der Waals surface area contributed by atoms with E-state index in [0.29, 0.717) is 21.9 Å². The highest BCUT2D eigenvalue weighted by Crippen LogP contribution is 2.28. The Labute approximate surface area is 132 Å². The van der Waals surface area contributed by atoms with Gasteiger partial charge in [-0.2, -0.15) is 0 Å². The highest BCUT2D eigenvalue weighted by molar-refractivity contribution is 7.98. The number of nitrogens with two attached hydrogens (primary N) is 1. The van der Waals surface area contributed by atoms with Crippen LogP contribution < -0.4 is 10.6 Å². The van der Waals surface area contributed by atoms with Gasteiger partial charge in [-0.3, -0.25) is 4.98 Å². The molecule has 0 bridgehead atoms. The van der Waals surface area contributed by atoms with Crippen LogP contribution in [0.1, 0.15) is 18.5 Å². The molecule has 1 aliphatic heterocycles. The minimum absolute atomic E-state index is 0.366. The van der Waals surface area contributed by atoms with Crippen LogP contribution in [0.15, 0.2) is 29.6 Å². The van der Waals surface area contributed by atoms with Crippen LogP contribution in [0, 0.1) is 0 Å². The van der Waals surface area contributed by atoms with Gasteiger partial charge in [-0.25, -0.2) is 9.97 Å². The topological polar surface area (TPSA) is 67.9 Å². The molecule has 0 spiro atoms. The van der Waals surface area contributed by atoms with Crippen molar-refractivity contribution in [2.24, 2.45) is 0 Å². The fourth-order valence-electron chi connectivity index (χ4n) is 2.40. The molecule has 110 valence electrons. The summed E-state index contributed by atoms with van der Waals surface area (Å²) in [5.74, 6) is 1.09. The number of rotatable bonds is 4. The van der Waals surface area contributed by atoms with E-state index in [0.717, 1.165) is 18.8 Å². The summed E-state index contributed by atoms with van der Waals surface area (Å²) in [6.07, 6.45) is 4.31. The minimum Gasteiger partial charge on any atom is -0.384 e. The Bertz CT molecular complexity index is 610. The molecule has 21 heavy (non-hydrogen) atoms. The highest BCUT2D eigenvalue weighted by atomic mass is 35.5. The molecule has 2 aromatic rings. The van der Waals surface area contributed by atoms with E-state index in [1.165, 1.54) is 30.3 Å². The maximum absolute atomic E-state index is 5.90. The predicted molar refractivity (Wildman–Crippen MR) is 86.7 cm³/mol. The minimum atomic E-state index is 0.366. The Balaban J connectivity index is 1.75. The zero-order valence-electron chi connectivity index (χ0n) is 11.5. The van der Waals surface area contributed by atoms with E-state index in [-0.39, 0.29) is 0 Å². The molecule has 1 aliphatic rings. The Hall–Kier alpha value is -1.53. The van der Waals surface area contributed by atoms with Crippen LogP contribution in [0.25, 0.3) is 0 Å². The summed E-state index contributed by atoms with van der Waals surface area (Å²) in [5, 5.41) is 0.948. The molecule has 3 heterocycles. The number of aromatic nitrogens is 3. The third-order valence-corrected chi connectivity index (χ3v) is 4.40. The number of hydrogen-bond donors (Lipinski definition) is 1. The number of anilines is 2. The summed E-state index contributed by atoms with van der Waals surface area (Å²) < 4.78 is 0. The van der Waals surface area contributed by atoms with E-state index in [2.05, 4.69) is 25.9 Å². The summed E-state index contributed by atoms with van der Waals surface area (Å²) in [5.41, 5.74) is 7.94.